The number of hydrogen-bond donors (Lipinski definition) is 1. The lowest BCUT2D eigenvalue weighted by molar-refractivity contribution is -0.141. The van der Waals surface area contributed by atoms with E-state index < -0.39 is 11.9 Å². The predicted octanol–water partition coefficient (Wildman–Crippen LogP) is 3.58. The van der Waals surface area contributed by atoms with Crippen molar-refractivity contribution in [1.82, 2.24) is 10.2 Å². The Kier molecular flexibility index (Phi) is 3.99. The third-order valence-electron chi connectivity index (χ3n) is 2.66. The van der Waals surface area contributed by atoms with Gasteiger partial charge in [0, 0.05) is 11.3 Å². The van der Waals surface area contributed by atoms with Crippen molar-refractivity contribution >= 4 is 0 Å². The van der Waals surface area contributed by atoms with E-state index >= 15 is 0 Å². The maximum atomic E-state index is 12.4. The molecule has 0 radical (unpaired) electrons. The molecular weight excluding hydrogens is 217 g/mol. The minimum absolute atomic E-state index is 0.371. The highest BCUT2D eigenvalue weighted by atomic mass is 19.4. The normalized spacial score (nSPS) is 19.8. The van der Waals surface area contributed by atoms with Crippen LogP contribution in [-0.2, 0) is 19.0 Å². The number of H-pyrrole nitrogens is 1. The number of aromatic amines is 1. The largest absolute Gasteiger partial charge is 0.435 e. The lowest BCUT2D eigenvalue weighted by atomic mass is 9.88. The molecule has 5 heteroatoms. The fourth-order valence-corrected chi connectivity index (χ4v) is 1.92. The molecule has 1 atom stereocenters. The van der Waals surface area contributed by atoms with Gasteiger partial charge in [-0.2, -0.15) is 18.3 Å². The number of fused-ring (bicyclic) bond motifs is 1. The molecule has 0 aromatic carbocycles. The van der Waals surface area contributed by atoms with E-state index in [9.17, 15) is 13.2 Å². The summed E-state index contributed by atoms with van der Waals surface area (Å²) in [6, 6.07) is 0. The van der Waals surface area contributed by atoms with Crippen LogP contribution in [0.15, 0.2) is 0 Å². The fraction of sp³-hybridized carbons (Fsp3) is 0.727. The molecule has 0 bridgehead atoms. The summed E-state index contributed by atoms with van der Waals surface area (Å²) >= 11 is 0. The summed E-state index contributed by atoms with van der Waals surface area (Å²) in [5, 5.41) is 5.85. The van der Waals surface area contributed by atoms with Gasteiger partial charge in [-0.05, 0) is 25.2 Å². The second-order valence-corrected chi connectivity index (χ2v) is 3.88. The molecule has 0 saturated carbocycles. The van der Waals surface area contributed by atoms with Crippen LogP contribution >= 0.6 is 0 Å². The molecule has 0 fully saturated rings. The van der Waals surface area contributed by atoms with Crippen LogP contribution in [0.5, 0.6) is 0 Å². The van der Waals surface area contributed by atoms with Crippen LogP contribution in [-0.4, -0.2) is 10.2 Å². The van der Waals surface area contributed by atoms with E-state index in [4.69, 9.17) is 0 Å². The van der Waals surface area contributed by atoms with Crippen molar-refractivity contribution in [2.24, 2.45) is 5.92 Å². The fourth-order valence-electron chi connectivity index (χ4n) is 1.92. The Morgan fingerprint density at radius 1 is 1.31 bits per heavy atom. The zero-order valence-corrected chi connectivity index (χ0v) is 9.78. The van der Waals surface area contributed by atoms with Gasteiger partial charge in [0.1, 0.15) is 0 Å². The number of alkyl halides is 3. The number of hydrogen-bond acceptors (Lipinski definition) is 1. The van der Waals surface area contributed by atoms with Crippen LogP contribution in [0.3, 0.4) is 0 Å². The lowest BCUT2D eigenvalue weighted by Gasteiger charge is -2.18. The van der Waals surface area contributed by atoms with Gasteiger partial charge >= 0.3 is 6.18 Å². The number of halogens is 3. The van der Waals surface area contributed by atoms with Crippen LogP contribution < -0.4 is 0 Å². The van der Waals surface area contributed by atoms with Gasteiger partial charge in [0.2, 0.25) is 0 Å². The summed E-state index contributed by atoms with van der Waals surface area (Å²) in [5.41, 5.74) is 0.311. The Bertz CT molecular complexity index is 341. The third-order valence-corrected chi connectivity index (χ3v) is 2.66. The van der Waals surface area contributed by atoms with Crippen molar-refractivity contribution < 1.29 is 13.2 Å². The van der Waals surface area contributed by atoms with E-state index in [1.54, 1.807) is 0 Å². The van der Waals surface area contributed by atoms with Crippen molar-refractivity contribution in [3.63, 3.8) is 0 Å². The predicted molar refractivity (Wildman–Crippen MR) is 56.1 cm³/mol. The van der Waals surface area contributed by atoms with Gasteiger partial charge < -0.3 is 0 Å². The minimum atomic E-state index is -4.31. The molecule has 16 heavy (non-hydrogen) atoms. The Balaban J connectivity index is 0.000000606. The Hall–Kier alpha value is -1.00. The molecule has 0 spiro atoms. The first-order chi connectivity index (χ1) is 7.48. The molecule has 0 saturated heterocycles. The van der Waals surface area contributed by atoms with Crippen molar-refractivity contribution in [2.45, 2.75) is 46.2 Å². The summed E-state index contributed by atoms with van der Waals surface area (Å²) in [5.74, 6) is 0.448. The van der Waals surface area contributed by atoms with Crippen LogP contribution in [0.2, 0.25) is 0 Å². The maximum absolute atomic E-state index is 12.4. The average Bonchev–Trinajstić information content (AvgIpc) is 2.62. The molecule has 1 aromatic rings. The second-order valence-electron chi connectivity index (χ2n) is 3.88. The smallest absolute Gasteiger partial charge is 0.282 e. The molecular formula is C11H17F3N2. The van der Waals surface area contributed by atoms with Crippen molar-refractivity contribution in [1.29, 1.82) is 0 Å². The van der Waals surface area contributed by atoms with Crippen molar-refractivity contribution in [2.75, 3.05) is 0 Å². The van der Waals surface area contributed by atoms with Crippen LogP contribution in [0.25, 0.3) is 0 Å². The zero-order chi connectivity index (χ0) is 12.3. The van der Waals surface area contributed by atoms with Crippen LogP contribution in [0.4, 0.5) is 13.2 Å². The summed E-state index contributed by atoms with van der Waals surface area (Å²) in [7, 11) is 0. The van der Waals surface area contributed by atoms with E-state index in [-0.39, 0.29) is 0 Å². The first-order valence-corrected chi connectivity index (χ1v) is 5.62. The minimum Gasteiger partial charge on any atom is -0.282 e. The topological polar surface area (TPSA) is 28.7 Å². The molecule has 92 valence electrons. The molecule has 1 unspecified atom stereocenters. The van der Waals surface area contributed by atoms with E-state index in [0.717, 1.165) is 6.42 Å². The summed E-state index contributed by atoms with van der Waals surface area (Å²) in [4.78, 5) is 0. The maximum Gasteiger partial charge on any atom is 0.435 e. The third kappa shape index (κ3) is 2.57. The van der Waals surface area contributed by atoms with E-state index in [1.807, 2.05) is 20.8 Å². The molecule has 1 N–H and O–H groups in total. The van der Waals surface area contributed by atoms with Gasteiger partial charge in [0.15, 0.2) is 5.69 Å². The number of nitrogens with one attached hydrogen (secondary N) is 1. The molecule has 0 amide bonds. The van der Waals surface area contributed by atoms with Gasteiger partial charge in [-0.3, -0.25) is 5.10 Å². The Labute approximate surface area is 93.2 Å². The summed E-state index contributed by atoms with van der Waals surface area (Å²) in [6.45, 7) is 6.04. The van der Waals surface area contributed by atoms with Crippen LogP contribution in [0.1, 0.15) is 44.1 Å². The second kappa shape index (κ2) is 4.89. The van der Waals surface area contributed by atoms with Crippen molar-refractivity contribution in [3.05, 3.63) is 17.0 Å². The zero-order valence-electron chi connectivity index (χ0n) is 9.78. The van der Waals surface area contributed by atoms with Gasteiger partial charge in [-0.15, -0.1) is 0 Å². The molecule has 1 aromatic heterocycles. The molecule has 2 nitrogen and oxygen atoms in total. The van der Waals surface area contributed by atoms with Gasteiger partial charge in [-0.1, -0.05) is 20.8 Å². The Morgan fingerprint density at radius 2 is 1.94 bits per heavy atom. The lowest BCUT2D eigenvalue weighted by Crippen LogP contribution is -2.14. The highest BCUT2D eigenvalue weighted by Crippen LogP contribution is 2.35. The van der Waals surface area contributed by atoms with Gasteiger partial charge in [0.05, 0.1) is 0 Å². The monoisotopic (exact) mass is 234 g/mol. The number of nitrogens with zero attached hydrogens (tertiary/aromatic N) is 1. The number of aromatic nitrogens is 2. The number of rotatable bonds is 0. The van der Waals surface area contributed by atoms with Crippen molar-refractivity contribution in [3.8, 4) is 0 Å². The summed E-state index contributed by atoms with van der Waals surface area (Å²) < 4.78 is 37.3. The quantitative estimate of drug-likeness (QED) is 0.730. The Morgan fingerprint density at radius 3 is 2.50 bits per heavy atom. The molecule has 2 rings (SSSR count). The highest BCUT2D eigenvalue weighted by Gasteiger charge is 2.38. The van der Waals surface area contributed by atoms with E-state index in [1.165, 1.54) is 0 Å². The molecule has 1 heterocycles. The van der Waals surface area contributed by atoms with E-state index in [0.29, 0.717) is 30.0 Å². The highest BCUT2D eigenvalue weighted by molar-refractivity contribution is 5.29. The molecule has 0 aliphatic heterocycles. The molecule has 1 aliphatic rings. The SMILES string of the molecule is CC.CC1CCc2c(C(F)(F)F)n[nH]c2C1. The van der Waals surface area contributed by atoms with E-state index in [2.05, 4.69) is 10.2 Å². The van der Waals surface area contributed by atoms with Gasteiger partial charge in [0.25, 0.3) is 0 Å². The summed E-state index contributed by atoms with van der Waals surface area (Å²) in [6.07, 6.45) is -2.33. The molecule has 1 aliphatic carbocycles. The average molecular weight is 234 g/mol. The first kappa shape index (κ1) is 13.1. The van der Waals surface area contributed by atoms with Crippen LogP contribution in [0, 0.1) is 5.92 Å². The van der Waals surface area contributed by atoms with Gasteiger partial charge in [-0.25, -0.2) is 0 Å². The first-order valence-electron chi connectivity index (χ1n) is 5.62. The standard InChI is InChI=1S/C9H11F3N2.C2H6/c1-5-2-3-6-7(4-5)13-14-8(6)9(10,11)12;1-2/h5H,2-4H2,1H3,(H,13,14);1-2H3.